The fourth-order valence-corrected chi connectivity index (χ4v) is 3.70. The van der Waals surface area contributed by atoms with Crippen molar-refractivity contribution < 1.29 is 27.4 Å². The first-order chi connectivity index (χ1) is 15.0. The first-order valence-corrected chi connectivity index (χ1v) is 9.90. The van der Waals surface area contributed by atoms with Gasteiger partial charge in [-0.2, -0.15) is 4.39 Å². The van der Waals surface area contributed by atoms with Crippen LogP contribution in [-0.2, 0) is 4.74 Å². The molecule has 0 spiro atoms. The smallest absolute Gasteiger partial charge is 0.257 e. The summed E-state index contributed by atoms with van der Waals surface area (Å²) in [5.74, 6) is -4.09. The number of hydrogen-bond acceptors (Lipinski definition) is 7. The van der Waals surface area contributed by atoms with Gasteiger partial charge in [-0.3, -0.25) is 4.79 Å². The number of piperazine rings is 1. The Bertz CT molecular complexity index is 963. The molecule has 166 valence electrons. The van der Waals surface area contributed by atoms with Crippen LogP contribution in [0.25, 0.3) is 0 Å². The largest absolute Gasteiger partial charge is 0.491 e. The van der Waals surface area contributed by atoms with E-state index >= 15 is 0 Å². The van der Waals surface area contributed by atoms with E-state index in [4.69, 9.17) is 4.74 Å². The van der Waals surface area contributed by atoms with Gasteiger partial charge in [-0.25, -0.2) is 18.7 Å². The Morgan fingerprint density at radius 3 is 2.16 bits per heavy atom. The van der Waals surface area contributed by atoms with Crippen LogP contribution in [0.5, 0.6) is 5.75 Å². The molecule has 3 heterocycles. The fourth-order valence-electron chi connectivity index (χ4n) is 3.70. The predicted molar refractivity (Wildman–Crippen MR) is 106 cm³/mol. The molecular formula is C20H22F3N5O3. The molecule has 11 heteroatoms. The van der Waals surface area contributed by atoms with Crippen LogP contribution in [0.15, 0.2) is 18.5 Å². The molecule has 0 bridgehead atoms. The Morgan fingerprint density at radius 1 is 0.935 bits per heavy atom. The van der Waals surface area contributed by atoms with Crippen LogP contribution in [0.3, 0.4) is 0 Å². The monoisotopic (exact) mass is 437 g/mol. The van der Waals surface area contributed by atoms with E-state index < -0.39 is 34.7 Å². The highest BCUT2D eigenvalue weighted by Crippen LogP contribution is 2.28. The summed E-state index contributed by atoms with van der Waals surface area (Å²) in [5.41, 5.74) is -0.555. The topological polar surface area (TPSA) is 71.0 Å². The lowest BCUT2D eigenvalue weighted by molar-refractivity contribution is 0.0740. The van der Waals surface area contributed by atoms with Crippen molar-refractivity contribution in [1.82, 2.24) is 14.9 Å². The summed E-state index contributed by atoms with van der Waals surface area (Å²) in [4.78, 5) is 26.9. The molecule has 2 fully saturated rings. The highest BCUT2D eigenvalue weighted by molar-refractivity contribution is 5.95. The summed E-state index contributed by atoms with van der Waals surface area (Å²) in [7, 11) is 1.01. The van der Waals surface area contributed by atoms with Gasteiger partial charge in [-0.1, -0.05) is 0 Å². The Morgan fingerprint density at radius 2 is 1.55 bits per heavy atom. The first-order valence-electron chi connectivity index (χ1n) is 9.90. The van der Waals surface area contributed by atoms with Gasteiger partial charge >= 0.3 is 0 Å². The van der Waals surface area contributed by atoms with Crippen LogP contribution in [0.1, 0.15) is 10.4 Å². The van der Waals surface area contributed by atoms with Crippen molar-refractivity contribution >= 4 is 17.5 Å². The SMILES string of the molecule is COc1c(F)c(F)cc(C(=O)N2CCN(c3cc(N4CCOCC4)ncn3)CC2)c1F. The number of carbonyl (C=O) groups excluding carboxylic acids is 1. The Kier molecular flexibility index (Phi) is 6.12. The molecule has 31 heavy (non-hydrogen) atoms. The first kappa shape index (κ1) is 21.2. The highest BCUT2D eigenvalue weighted by atomic mass is 19.2. The van der Waals surface area contributed by atoms with Crippen LogP contribution < -0.4 is 14.5 Å². The minimum absolute atomic E-state index is 0.274. The second-order valence-electron chi connectivity index (χ2n) is 7.18. The number of nitrogens with zero attached hydrogens (tertiary/aromatic N) is 5. The average molecular weight is 437 g/mol. The van der Waals surface area contributed by atoms with Crippen LogP contribution in [0, 0.1) is 17.5 Å². The van der Waals surface area contributed by atoms with E-state index in [2.05, 4.69) is 19.6 Å². The third-order valence-electron chi connectivity index (χ3n) is 5.41. The lowest BCUT2D eigenvalue weighted by atomic mass is 10.1. The van der Waals surface area contributed by atoms with Gasteiger partial charge in [0, 0.05) is 45.3 Å². The molecule has 1 aromatic heterocycles. The number of amides is 1. The van der Waals surface area contributed by atoms with Gasteiger partial charge in [0.2, 0.25) is 5.82 Å². The molecule has 2 aliphatic rings. The minimum Gasteiger partial charge on any atom is -0.491 e. The zero-order chi connectivity index (χ0) is 22.0. The van der Waals surface area contributed by atoms with E-state index in [1.54, 1.807) is 0 Å². The molecule has 4 rings (SSSR count). The second kappa shape index (κ2) is 8.96. The number of aromatic nitrogens is 2. The lowest BCUT2D eigenvalue weighted by Crippen LogP contribution is -2.49. The van der Waals surface area contributed by atoms with E-state index in [0.29, 0.717) is 32.4 Å². The van der Waals surface area contributed by atoms with Gasteiger partial charge in [-0.05, 0) is 6.07 Å². The standard InChI is InChI=1S/C20H22F3N5O3/c1-30-19-17(22)13(10-14(21)18(19)23)20(29)28-4-2-26(3-5-28)15-11-16(25-12-24-15)27-6-8-31-9-7-27/h10-12H,2-9H2,1H3. The third kappa shape index (κ3) is 4.22. The number of hydrogen-bond donors (Lipinski definition) is 0. The average Bonchev–Trinajstić information content (AvgIpc) is 2.82. The van der Waals surface area contributed by atoms with Crippen LogP contribution in [-0.4, -0.2) is 80.4 Å². The number of halogens is 3. The molecule has 8 nitrogen and oxygen atoms in total. The fraction of sp³-hybridized carbons (Fsp3) is 0.450. The number of methoxy groups -OCH3 is 1. The molecule has 1 aromatic carbocycles. The second-order valence-corrected chi connectivity index (χ2v) is 7.18. The van der Waals surface area contributed by atoms with Gasteiger partial charge < -0.3 is 24.2 Å². The van der Waals surface area contributed by atoms with Crippen LogP contribution in [0.2, 0.25) is 0 Å². The van der Waals surface area contributed by atoms with Gasteiger partial charge in [0.15, 0.2) is 17.4 Å². The summed E-state index contributed by atoms with van der Waals surface area (Å²) in [6, 6.07) is 2.46. The van der Waals surface area contributed by atoms with Crippen molar-refractivity contribution in [3.63, 3.8) is 0 Å². The van der Waals surface area contributed by atoms with Gasteiger partial charge in [0.05, 0.1) is 25.9 Å². The van der Waals surface area contributed by atoms with Crippen LogP contribution in [0.4, 0.5) is 24.8 Å². The maximum Gasteiger partial charge on any atom is 0.257 e. The Hall–Kier alpha value is -3.08. The molecule has 0 unspecified atom stereocenters. The number of anilines is 2. The molecule has 0 saturated carbocycles. The summed E-state index contributed by atoms with van der Waals surface area (Å²) < 4.78 is 51.8. The molecular weight excluding hydrogens is 415 g/mol. The summed E-state index contributed by atoms with van der Waals surface area (Å²) in [6.07, 6.45) is 1.50. The number of carbonyl (C=O) groups is 1. The molecule has 1 amide bonds. The lowest BCUT2D eigenvalue weighted by Gasteiger charge is -2.36. The number of ether oxygens (including phenoxy) is 2. The summed E-state index contributed by atoms with van der Waals surface area (Å²) >= 11 is 0. The van der Waals surface area contributed by atoms with E-state index in [0.717, 1.165) is 31.8 Å². The van der Waals surface area contributed by atoms with Gasteiger partial charge in [-0.15, -0.1) is 0 Å². The minimum atomic E-state index is -1.46. The normalized spacial score (nSPS) is 17.1. The van der Waals surface area contributed by atoms with E-state index in [-0.39, 0.29) is 13.1 Å². The van der Waals surface area contributed by atoms with E-state index in [1.165, 1.54) is 11.2 Å². The van der Waals surface area contributed by atoms with Crippen molar-refractivity contribution in [2.45, 2.75) is 0 Å². The van der Waals surface area contributed by atoms with E-state index in [9.17, 15) is 18.0 Å². The number of benzene rings is 1. The Balaban J connectivity index is 1.45. The summed E-state index contributed by atoms with van der Waals surface area (Å²) in [6.45, 7) is 4.25. The van der Waals surface area contributed by atoms with Crippen molar-refractivity contribution in [3.05, 3.63) is 41.5 Å². The molecule has 2 aliphatic heterocycles. The maximum absolute atomic E-state index is 14.5. The zero-order valence-electron chi connectivity index (χ0n) is 17.0. The quantitative estimate of drug-likeness (QED) is 0.675. The highest BCUT2D eigenvalue weighted by Gasteiger charge is 2.29. The van der Waals surface area contributed by atoms with Gasteiger partial charge in [0.25, 0.3) is 5.91 Å². The van der Waals surface area contributed by atoms with E-state index in [1.807, 2.05) is 11.0 Å². The molecule has 0 atom stereocenters. The number of rotatable bonds is 4. The van der Waals surface area contributed by atoms with Crippen molar-refractivity contribution in [2.75, 3.05) is 69.4 Å². The molecule has 2 aromatic rings. The molecule has 0 radical (unpaired) electrons. The van der Waals surface area contributed by atoms with Crippen molar-refractivity contribution in [2.24, 2.45) is 0 Å². The third-order valence-corrected chi connectivity index (χ3v) is 5.41. The molecule has 2 saturated heterocycles. The molecule has 0 N–H and O–H groups in total. The zero-order valence-corrected chi connectivity index (χ0v) is 17.0. The Labute approximate surface area is 177 Å². The molecule has 0 aliphatic carbocycles. The maximum atomic E-state index is 14.5. The summed E-state index contributed by atoms with van der Waals surface area (Å²) in [5, 5.41) is 0. The van der Waals surface area contributed by atoms with Crippen LogP contribution >= 0.6 is 0 Å². The van der Waals surface area contributed by atoms with Gasteiger partial charge in [0.1, 0.15) is 18.0 Å². The van der Waals surface area contributed by atoms with Crippen molar-refractivity contribution in [3.8, 4) is 5.75 Å². The predicted octanol–water partition coefficient (Wildman–Crippen LogP) is 1.70. The van der Waals surface area contributed by atoms with Crippen molar-refractivity contribution in [1.29, 1.82) is 0 Å². The number of morpholine rings is 1.